The molecule has 100 valence electrons. The van der Waals surface area contributed by atoms with E-state index in [2.05, 4.69) is 0 Å². The maximum atomic E-state index is 8.15. The van der Waals surface area contributed by atoms with Crippen molar-refractivity contribution in [2.45, 2.75) is 12.7 Å². The van der Waals surface area contributed by atoms with Crippen LogP contribution in [0.5, 0.6) is 17.2 Å². The van der Waals surface area contributed by atoms with Crippen LogP contribution in [-0.2, 0) is 15.9 Å². The second kappa shape index (κ2) is 5.93. The van der Waals surface area contributed by atoms with Crippen LogP contribution in [0.3, 0.4) is 0 Å². The first-order valence-electron chi connectivity index (χ1n) is 6.23. The van der Waals surface area contributed by atoms with Gasteiger partial charge in [0.25, 0.3) is 0 Å². The normalized spacial score (nSPS) is 16.5. The zero-order valence-electron chi connectivity index (χ0n) is 11.8. The third-order valence-corrected chi connectivity index (χ3v) is 2.71. The van der Waals surface area contributed by atoms with E-state index in [1.54, 1.807) is 13.2 Å². The van der Waals surface area contributed by atoms with Crippen LogP contribution in [0, 0.1) is 0 Å². The standard InChI is InChI=1S/C13H18O5/c1-14-10-6-9(8-12-17-4-5-18-12)7-11(15-2)13(10)16-3/h6-7,12H,4-5,8H2,1-3H3/i6D. The van der Waals surface area contributed by atoms with Crippen molar-refractivity contribution >= 4 is 0 Å². The second-order valence-corrected chi connectivity index (χ2v) is 3.80. The van der Waals surface area contributed by atoms with Crippen molar-refractivity contribution in [2.75, 3.05) is 34.5 Å². The summed E-state index contributed by atoms with van der Waals surface area (Å²) in [4.78, 5) is 0. The van der Waals surface area contributed by atoms with Gasteiger partial charge in [0.05, 0.1) is 35.9 Å². The van der Waals surface area contributed by atoms with Crippen LogP contribution in [0.25, 0.3) is 0 Å². The third kappa shape index (κ3) is 2.68. The Morgan fingerprint density at radius 2 is 1.83 bits per heavy atom. The summed E-state index contributed by atoms with van der Waals surface area (Å²) >= 11 is 0. The van der Waals surface area contributed by atoms with Gasteiger partial charge in [-0.2, -0.15) is 0 Å². The first-order valence-corrected chi connectivity index (χ1v) is 5.73. The summed E-state index contributed by atoms with van der Waals surface area (Å²) in [6, 6.07) is 2.02. The summed E-state index contributed by atoms with van der Waals surface area (Å²) in [6.07, 6.45) is 0.169. The van der Waals surface area contributed by atoms with Crippen LogP contribution >= 0.6 is 0 Å². The van der Waals surface area contributed by atoms with E-state index in [-0.39, 0.29) is 12.3 Å². The Hall–Kier alpha value is -1.46. The molecule has 1 aromatic rings. The third-order valence-electron chi connectivity index (χ3n) is 2.71. The molecule has 18 heavy (non-hydrogen) atoms. The van der Waals surface area contributed by atoms with E-state index in [1.807, 2.05) is 0 Å². The van der Waals surface area contributed by atoms with E-state index >= 15 is 0 Å². The minimum atomic E-state index is -0.313. The molecule has 0 aliphatic carbocycles. The number of hydrogen-bond donors (Lipinski definition) is 0. The largest absolute Gasteiger partial charge is 0.493 e. The van der Waals surface area contributed by atoms with Gasteiger partial charge in [-0.15, -0.1) is 0 Å². The summed E-state index contributed by atoms with van der Waals surface area (Å²) in [6.45, 7) is 1.17. The molecular formula is C13H18O5. The molecule has 0 unspecified atom stereocenters. The zero-order chi connectivity index (χ0) is 13.8. The number of ether oxygens (including phenoxy) is 5. The van der Waals surface area contributed by atoms with Crippen molar-refractivity contribution in [3.63, 3.8) is 0 Å². The van der Waals surface area contributed by atoms with E-state index in [9.17, 15) is 0 Å². The predicted octanol–water partition coefficient (Wildman–Crippen LogP) is 1.63. The summed E-state index contributed by atoms with van der Waals surface area (Å²) in [5.74, 6) is 1.31. The van der Waals surface area contributed by atoms with Gasteiger partial charge in [0.15, 0.2) is 17.8 Å². The lowest BCUT2D eigenvalue weighted by Crippen LogP contribution is -2.11. The van der Waals surface area contributed by atoms with Gasteiger partial charge in [0.2, 0.25) is 5.75 Å². The van der Waals surface area contributed by atoms with Crippen molar-refractivity contribution in [1.82, 2.24) is 0 Å². The molecule has 1 aliphatic heterocycles. The molecule has 5 heteroatoms. The molecule has 1 heterocycles. The minimum Gasteiger partial charge on any atom is -0.493 e. The smallest absolute Gasteiger partial charge is 0.203 e. The van der Waals surface area contributed by atoms with Crippen molar-refractivity contribution < 1.29 is 25.1 Å². The van der Waals surface area contributed by atoms with E-state index in [4.69, 9.17) is 25.1 Å². The highest BCUT2D eigenvalue weighted by molar-refractivity contribution is 5.53. The van der Waals surface area contributed by atoms with E-state index in [0.717, 1.165) is 5.56 Å². The first kappa shape index (κ1) is 11.6. The molecule has 1 aromatic carbocycles. The molecule has 0 amide bonds. The fourth-order valence-corrected chi connectivity index (χ4v) is 1.88. The zero-order valence-corrected chi connectivity index (χ0v) is 10.8. The van der Waals surface area contributed by atoms with E-state index in [0.29, 0.717) is 36.9 Å². The highest BCUT2D eigenvalue weighted by Crippen LogP contribution is 2.38. The average Bonchev–Trinajstić information content (AvgIpc) is 2.93. The Balaban J connectivity index is 2.36. The van der Waals surface area contributed by atoms with Crippen LogP contribution < -0.4 is 14.2 Å². The molecule has 0 aromatic heterocycles. The number of rotatable bonds is 5. The van der Waals surface area contributed by atoms with Gasteiger partial charge in [0, 0.05) is 6.42 Å². The SMILES string of the molecule is [2H]c1c(CC2OCCO2)cc(OC)c(OC)c1OC. The minimum absolute atomic E-state index is 0.263. The fraction of sp³-hybridized carbons (Fsp3) is 0.538. The number of hydrogen-bond acceptors (Lipinski definition) is 5. The van der Waals surface area contributed by atoms with Gasteiger partial charge in [-0.3, -0.25) is 0 Å². The Bertz CT molecular complexity index is 443. The quantitative estimate of drug-likeness (QED) is 0.800. The first-order chi connectivity index (χ1) is 9.21. The fourth-order valence-electron chi connectivity index (χ4n) is 1.88. The predicted molar refractivity (Wildman–Crippen MR) is 65.5 cm³/mol. The molecule has 0 N–H and O–H groups in total. The average molecular weight is 255 g/mol. The highest BCUT2D eigenvalue weighted by atomic mass is 16.7. The molecule has 1 saturated heterocycles. The van der Waals surface area contributed by atoms with Gasteiger partial charge in [-0.1, -0.05) is 0 Å². The van der Waals surface area contributed by atoms with Gasteiger partial charge >= 0.3 is 0 Å². The molecule has 0 bridgehead atoms. The van der Waals surface area contributed by atoms with Crippen LogP contribution in [0.1, 0.15) is 6.93 Å². The van der Waals surface area contributed by atoms with Crippen LogP contribution in [0.15, 0.2) is 12.1 Å². The summed E-state index contributed by atoms with van der Waals surface area (Å²) in [7, 11) is 4.57. The number of methoxy groups -OCH3 is 3. The van der Waals surface area contributed by atoms with E-state index in [1.165, 1.54) is 14.2 Å². The maximum Gasteiger partial charge on any atom is 0.203 e. The van der Waals surface area contributed by atoms with Gasteiger partial charge in [-0.05, 0) is 17.7 Å². The highest BCUT2D eigenvalue weighted by Gasteiger charge is 2.19. The lowest BCUT2D eigenvalue weighted by molar-refractivity contribution is -0.0400. The Labute approximate surface area is 108 Å². The van der Waals surface area contributed by atoms with Crippen LogP contribution in [0.4, 0.5) is 0 Å². The molecule has 0 spiro atoms. The Morgan fingerprint density at radius 3 is 2.39 bits per heavy atom. The summed E-state index contributed by atoms with van der Waals surface area (Å²) < 4.78 is 34.7. The van der Waals surface area contributed by atoms with Gasteiger partial charge < -0.3 is 23.7 Å². The summed E-state index contributed by atoms with van der Waals surface area (Å²) in [5.41, 5.74) is 0.737. The molecular weight excluding hydrogens is 236 g/mol. The monoisotopic (exact) mass is 255 g/mol. The van der Waals surface area contributed by atoms with Crippen molar-refractivity contribution in [1.29, 1.82) is 0 Å². The summed E-state index contributed by atoms with van der Waals surface area (Å²) in [5, 5.41) is 0. The molecule has 1 fully saturated rings. The van der Waals surface area contributed by atoms with Crippen molar-refractivity contribution in [3.05, 3.63) is 17.7 Å². The van der Waals surface area contributed by atoms with Gasteiger partial charge in [0.1, 0.15) is 0 Å². The lowest BCUT2D eigenvalue weighted by Gasteiger charge is -2.15. The topological polar surface area (TPSA) is 46.2 Å². The Morgan fingerprint density at radius 1 is 1.17 bits per heavy atom. The van der Waals surface area contributed by atoms with Crippen LogP contribution in [-0.4, -0.2) is 40.8 Å². The van der Waals surface area contributed by atoms with Crippen molar-refractivity contribution in [3.8, 4) is 17.2 Å². The molecule has 1 aliphatic rings. The molecule has 0 atom stereocenters. The molecule has 5 nitrogen and oxygen atoms in total. The Kier molecular flexibility index (Phi) is 3.83. The van der Waals surface area contributed by atoms with E-state index < -0.39 is 0 Å². The molecule has 0 saturated carbocycles. The second-order valence-electron chi connectivity index (χ2n) is 3.80. The molecule has 0 radical (unpaired) electrons. The van der Waals surface area contributed by atoms with Crippen molar-refractivity contribution in [2.24, 2.45) is 0 Å². The maximum absolute atomic E-state index is 8.15. The molecule has 2 rings (SSSR count). The van der Waals surface area contributed by atoms with Crippen LogP contribution in [0.2, 0.25) is 0 Å². The lowest BCUT2D eigenvalue weighted by atomic mass is 10.1. The van der Waals surface area contributed by atoms with Gasteiger partial charge in [-0.25, -0.2) is 0 Å². The number of benzene rings is 1.